The highest BCUT2D eigenvalue weighted by Gasteiger charge is 2.31. The molecule has 2 rings (SSSR count). The highest BCUT2D eigenvalue weighted by molar-refractivity contribution is 7.92. The molecular formula is C16H14F3NO4S. The number of carbonyl (C=O) groups is 1. The molecule has 2 N–H and O–H groups in total. The Morgan fingerprint density at radius 2 is 1.76 bits per heavy atom. The first-order valence-electron chi connectivity index (χ1n) is 6.96. The molecule has 0 bridgehead atoms. The second kappa shape index (κ2) is 6.40. The van der Waals surface area contributed by atoms with E-state index in [0.717, 1.165) is 18.2 Å². The number of benzene rings is 2. The molecular weight excluding hydrogens is 359 g/mol. The van der Waals surface area contributed by atoms with Gasteiger partial charge in [0.25, 0.3) is 10.0 Å². The zero-order valence-corrected chi connectivity index (χ0v) is 14.0. The van der Waals surface area contributed by atoms with Crippen LogP contribution in [0.4, 0.5) is 18.9 Å². The molecule has 0 saturated carbocycles. The molecule has 0 spiro atoms. The van der Waals surface area contributed by atoms with E-state index in [-0.39, 0.29) is 16.1 Å². The first-order chi connectivity index (χ1) is 11.4. The summed E-state index contributed by atoms with van der Waals surface area (Å²) in [6.45, 7) is 3.03. The van der Waals surface area contributed by atoms with Gasteiger partial charge in [0.1, 0.15) is 0 Å². The highest BCUT2D eigenvalue weighted by Crippen LogP contribution is 2.31. The van der Waals surface area contributed by atoms with E-state index >= 15 is 0 Å². The van der Waals surface area contributed by atoms with Crippen molar-refractivity contribution in [1.82, 2.24) is 0 Å². The summed E-state index contributed by atoms with van der Waals surface area (Å²) in [5.41, 5.74) is -0.756. The van der Waals surface area contributed by atoms with Crippen LogP contribution in [0.25, 0.3) is 0 Å². The van der Waals surface area contributed by atoms with E-state index in [1.165, 1.54) is 19.1 Å². The van der Waals surface area contributed by atoms with E-state index in [4.69, 9.17) is 5.11 Å². The summed E-state index contributed by atoms with van der Waals surface area (Å²) in [7, 11) is -4.27. The molecule has 0 fully saturated rings. The molecule has 25 heavy (non-hydrogen) atoms. The normalized spacial score (nSPS) is 12.0. The van der Waals surface area contributed by atoms with E-state index in [1.807, 2.05) is 0 Å². The number of aromatic carboxylic acids is 1. The molecule has 0 aliphatic carbocycles. The van der Waals surface area contributed by atoms with Crippen molar-refractivity contribution in [2.24, 2.45) is 0 Å². The fraction of sp³-hybridized carbons (Fsp3) is 0.188. The Balaban J connectivity index is 2.49. The lowest BCUT2D eigenvalue weighted by Gasteiger charge is -2.14. The maximum Gasteiger partial charge on any atom is 0.416 e. The summed E-state index contributed by atoms with van der Waals surface area (Å²) in [6.07, 6.45) is -4.61. The van der Waals surface area contributed by atoms with Gasteiger partial charge in [-0.15, -0.1) is 0 Å². The first kappa shape index (κ1) is 18.8. The molecule has 0 amide bonds. The van der Waals surface area contributed by atoms with Crippen LogP contribution in [0.15, 0.2) is 41.3 Å². The van der Waals surface area contributed by atoms with Gasteiger partial charge in [0.15, 0.2) is 0 Å². The summed E-state index contributed by atoms with van der Waals surface area (Å²) >= 11 is 0. The predicted molar refractivity (Wildman–Crippen MR) is 85.1 cm³/mol. The molecule has 5 nitrogen and oxygen atoms in total. The largest absolute Gasteiger partial charge is 0.478 e. The van der Waals surface area contributed by atoms with Crippen LogP contribution >= 0.6 is 0 Å². The minimum atomic E-state index is -4.61. The minimum Gasteiger partial charge on any atom is -0.478 e. The van der Waals surface area contributed by atoms with E-state index < -0.39 is 27.7 Å². The highest BCUT2D eigenvalue weighted by atomic mass is 32.2. The Labute approximate surface area is 142 Å². The van der Waals surface area contributed by atoms with Crippen LogP contribution in [0.1, 0.15) is 27.0 Å². The Kier molecular flexibility index (Phi) is 4.81. The van der Waals surface area contributed by atoms with Gasteiger partial charge in [-0.05, 0) is 55.3 Å². The van der Waals surface area contributed by atoms with E-state index in [1.54, 1.807) is 6.92 Å². The molecule has 0 aliphatic rings. The van der Waals surface area contributed by atoms with Gasteiger partial charge < -0.3 is 5.11 Å². The lowest BCUT2D eigenvalue weighted by molar-refractivity contribution is -0.137. The van der Waals surface area contributed by atoms with Gasteiger partial charge in [-0.2, -0.15) is 13.2 Å². The molecule has 0 atom stereocenters. The van der Waals surface area contributed by atoms with Crippen molar-refractivity contribution in [1.29, 1.82) is 0 Å². The summed E-state index contributed by atoms with van der Waals surface area (Å²) in [4.78, 5) is 10.8. The molecule has 0 aliphatic heterocycles. The van der Waals surface area contributed by atoms with Gasteiger partial charge >= 0.3 is 12.1 Å². The molecule has 0 saturated heterocycles. The lowest BCUT2D eigenvalue weighted by atomic mass is 10.1. The number of halogens is 3. The third-order valence-electron chi connectivity index (χ3n) is 3.60. The molecule has 0 unspecified atom stereocenters. The zero-order valence-electron chi connectivity index (χ0n) is 13.2. The van der Waals surface area contributed by atoms with Crippen LogP contribution in [0, 0.1) is 13.8 Å². The lowest BCUT2D eigenvalue weighted by Crippen LogP contribution is -2.16. The smallest absolute Gasteiger partial charge is 0.416 e. The number of rotatable bonds is 4. The number of alkyl halides is 3. The van der Waals surface area contributed by atoms with Crippen LogP contribution in [0.3, 0.4) is 0 Å². The summed E-state index contributed by atoms with van der Waals surface area (Å²) < 4.78 is 65.3. The second-order valence-electron chi connectivity index (χ2n) is 5.41. The van der Waals surface area contributed by atoms with E-state index in [9.17, 15) is 26.4 Å². The molecule has 0 aromatic heterocycles. The Bertz CT molecular complexity index is 937. The molecule has 0 heterocycles. The second-order valence-corrected chi connectivity index (χ2v) is 7.06. The first-order valence-corrected chi connectivity index (χ1v) is 8.45. The van der Waals surface area contributed by atoms with E-state index in [0.29, 0.717) is 17.2 Å². The van der Waals surface area contributed by atoms with Crippen LogP contribution < -0.4 is 4.72 Å². The average molecular weight is 373 g/mol. The van der Waals surface area contributed by atoms with Gasteiger partial charge in [-0.3, -0.25) is 4.72 Å². The molecule has 2 aromatic carbocycles. The molecule has 9 heteroatoms. The van der Waals surface area contributed by atoms with Gasteiger partial charge in [-0.25, -0.2) is 13.2 Å². The van der Waals surface area contributed by atoms with Gasteiger partial charge in [0, 0.05) is 5.69 Å². The number of carboxylic acid groups (broad SMARTS) is 1. The Morgan fingerprint density at radius 1 is 1.12 bits per heavy atom. The van der Waals surface area contributed by atoms with Crippen molar-refractivity contribution in [2.75, 3.05) is 4.72 Å². The fourth-order valence-corrected chi connectivity index (χ4v) is 3.59. The van der Waals surface area contributed by atoms with Crippen molar-refractivity contribution < 1.29 is 31.5 Å². The number of sulfonamides is 1. The summed E-state index contributed by atoms with van der Waals surface area (Å²) in [6, 6.07) is 6.03. The third kappa shape index (κ3) is 4.11. The SMILES string of the molecule is Cc1cc(C(=O)O)cc(S(=O)(=O)Nc2cccc(C(F)(F)F)c2)c1C. The molecule has 0 radical (unpaired) electrons. The quantitative estimate of drug-likeness (QED) is 0.853. The van der Waals surface area contributed by atoms with Crippen LogP contribution in [-0.4, -0.2) is 19.5 Å². The summed E-state index contributed by atoms with van der Waals surface area (Å²) in [5.74, 6) is -1.31. The Morgan fingerprint density at radius 3 is 2.32 bits per heavy atom. The van der Waals surface area contributed by atoms with Crippen molar-refractivity contribution >= 4 is 21.7 Å². The maximum atomic E-state index is 12.7. The van der Waals surface area contributed by atoms with Crippen molar-refractivity contribution in [2.45, 2.75) is 24.9 Å². The van der Waals surface area contributed by atoms with Gasteiger partial charge in [-0.1, -0.05) is 6.07 Å². The van der Waals surface area contributed by atoms with Crippen molar-refractivity contribution in [3.05, 3.63) is 58.7 Å². The van der Waals surface area contributed by atoms with Crippen molar-refractivity contribution in [3.63, 3.8) is 0 Å². The minimum absolute atomic E-state index is 0.229. The van der Waals surface area contributed by atoms with E-state index in [2.05, 4.69) is 4.72 Å². The van der Waals surface area contributed by atoms with Crippen LogP contribution in [0.5, 0.6) is 0 Å². The van der Waals surface area contributed by atoms with Crippen LogP contribution in [0.2, 0.25) is 0 Å². The van der Waals surface area contributed by atoms with Crippen LogP contribution in [-0.2, 0) is 16.2 Å². The van der Waals surface area contributed by atoms with Crippen molar-refractivity contribution in [3.8, 4) is 0 Å². The number of anilines is 1. The predicted octanol–water partition coefficient (Wildman–Crippen LogP) is 3.82. The maximum absolute atomic E-state index is 12.7. The number of hydrogen-bond acceptors (Lipinski definition) is 3. The number of hydrogen-bond donors (Lipinski definition) is 2. The zero-order chi connectivity index (χ0) is 19.0. The number of aryl methyl sites for hydroxylation is 1. The monoisotopic (exact) mass is 373 g/mol. The Hall–Kier alpha value is -2.55. The van der Waals surface area contributed by atoms with Gasteiger partial charge in [0.2, 0.25) is 0 Å². The van der Waals surface area contributed by atoms with Gasteiger partial charge in [0.05, 0.1) is 16.0 Å². The molecule has 2 aromatic rings. The average Bonchev–Trinajstić information content (AvgIpc) is 2.48. The number of nitrogens with one attached hydrogen (secondary N) is 1. The fourth-order valence-electron chi connectivity index (χ4n) is 2.20. The topological polar surface area (TPSA) is 83.5 Å². The standard InChI is InChI=1S/C16H14F3NO4S/c1-9-6-11(15(21)22)7-14(10(9)2)25(23,24)20-13-5-3-4-12(8-13)16(17,18)19/h3-8,20H,1-2H3,(H,21,22). The number of carboxylic acids is 1. The summed E-state index contributed by atoms with van der Waals surface area (Å²) in [5, 5.41) is 9.07. The third-order valence-corrected chi connectivity index (χ3v) is 5.11. The molecule has 134 valence electrons.